The summed E-state index contributed by atoms with van der Waals surface area (Å²) in [7, 11) is 3.07. The van der Waals surface area contributed by atoms with Crippen molar-refractivity contribution in [1.82, 2.24) is 10.1 Å². The Bertz CT molecular complexity index is 1030. The summed E-state index contributed by atoms with van der Waals surface area (Å²) in [4.78, 5) is 15.6. The van der Waals surface area contributed by atoms with Crippen molar-refractivity contribution in [2.45, 2.75) is 6.42 Å². The number of carboxylic acid groups (broad SMARTS) is 1. The molecule has 1 N–H and O–H groups in total. The fourth-order valence-corrected chi connectivity index (χ4v) is 2.79. The van der Waals surface area contributed by atoms with Gasteiger partial charge in [-0.05, 0) is 42.0 Å². The zero-order chi connectivity index (χ0) is 20.1. The molecule has 0 aliphatic heterocycles. The van der Waals surface area contributed by atoms with E-state index in [1.54, 1.807) is 55.7 Å². The molecular formula is C20H17ClN2O5. The Morgan fingerprint density at radius 1 is 1.18 bits per heavy atom. The van der Waals surface area contributed by atoms with Crippen molar-refractivity contribution in [3.8, 4) is 22.9 Å². The molecule has 0 aliphatic rings. The fourth-order valence-electron chi connectivity index (χ4n) is 2.60. The number of nitrogens with zero attached hydrogens (tertiary/aromatic N) is 2. The van der Waals surface area contributed by atoms with Crippen molar-refractivity contribution in [1.29, 1.82) is 0 Å². The van der Waals surface area contributed by atoms with E-state index in [0.29, 0.717) is 33.5 Å². The van der Waals surface area contributed by atoms with Gasteiger partial charge in [0.2, 0.25) is 5.82 Å². The summed E-state index contributed by atoms with van der Waals surface area (Å²) in [6.07, 6.45) is 1.38. The molecule has 3 aromatic rings. The molecule has 0 amide bonds. The Labute approximate surface area is 166 Å². The first kappa shape index (κ1) is 19.4. The Balaban J connectivity index is 1.98. The van der Waals surface area contributed by atoms with Gasteiger partial charge in [0.1, 0.15) is 0 Å². The van der Waals surface area contributed by atoms with Gasteiger partial charge in [0, 0.05) is 16.2 Å². The van der Waals surface area contributed by atoms with E-state index in [1.807, 2.05) is 0 Å². The van der Waals surface area contributed by atoms with Crippen molar-refractivity contribution in [2.24, 2.45) is 0 Å². The number of carbonyl (C=O) groups is 1. The van der Waals surface area contributed by atoms with Crippen LogP contribution in [0.2, 0.25) is 5.02 Å². The van der Waals surface area contributed by atoms with Gasteiger partial charge < -0.3 is 19.1 Å². The number of rotatable bonds is 7. The Morgan fingerprint density at radius 2 is 1.96 bits per heavy atom. The summed E-state index contributed by atoms with van der Waals surface area (Å²) < 4.78 is 15.8. The van der Waals surface area contributed by atoms with E-state index in [2.05, 4.69) is 10.1 Å². The second kappa shape index (κ2) is 8.58. The summed E-state index contributed by atoms with van der Waals surface area (Å²) in [6, 6.07) is 12.2. The maximum atomic E-state index is 11.3. The van der Waals surface area contributed by atoms with Crippen molar-refractivity contribution in [3.05, 3.63) is 58.9 Å². The van der Waals surface area contributed by atoms with E-state index in [4.69, 9.17) is 25.6 Å². The molecule has 0 saturated heterocycles. The van der Waals surface area contributed by atoms with Crippen molar-refractivity contribution >= 4 is 29.2 Å². The Hall–Kier alpha value is -3.32. The molecular weight excluding hydrogens is 384 g/mol. The summed E-state index contributed by atoms with van der Waals surface area (Å²) >= 11 is 6.00. The van der Waals surface area contributed by atoms with Crippen molar-refractivity contribution in [3.63, 3.8) is 0 Å². The molecule has 0 spiro atoms. The molecule has 0 aliphatic carbocycles. The molecule has 1 aromatic heterocycles. The first-order chi connectivity index (χ1) is 13.5. The van der Waals surface area contributed by atoms with Crippen LogP contribution in [0.3, 0.4) is 0 Å². The maximum absolute atomic E-state index is 11.3. The average molecular weight is 401 g/mol. The fraction of sp³-hybridized carbons (Fsp3) is 0.150. The van der Waals surface area contributed by atoms with Gasteiger partial charge >= 0.3 is 5.97 Å². The second-order valence-corrected chi connectivity index (χ2v) is 6.22. The largest absolute Gasteiger partial charge is 0.493 e. The van der Waals surface area contributed by atoms with Crippen LogP contribution in [-0.4, -0.2) is 35.4 Å². The highest BCUT2D eigenvalue weighted by Crippen LogP contribution is 2.32. The standard InChI is InChI=1S/C20H17ClN2O5/c1-26-16-7-6-13(10-17(16)27-2)19-22-20(28-23-19)14(11-18(24)25)8-12-4-3-5-15(21)9-12/h3-10H,11H2,1-2H3,(H,24,25)/b14-8+. The first-order valence-electron chi connectivity index (χ1n) is 8.24. The Morgan fingerprint density at radius 3 is 2.64 bits per heavy atom. The molecule has 3 rings (SSSR count). The van der Waals surface area contributed by atoms with Gasteiger partial charge in [-0.15, -0.1) is 0 Å². The zero-order valence-corrected chi connectivity index (χ0v) is 15.9. The van der Waals surface area contributed by atoms with Crippen LogP contribution >= 0.6 is 11.6 Å². The van der Waals surface area contributed by atoms with Crippen LogP contribution in [0.1, 0.15) is 17.9 Å². The normalized spacial score (nSPS) is 11.3. The topological polar surface area (TPSA) is 94.7 Å². The molecule has 0 atom stereocenters. The van der Waals surface area contributed by atoms with E-state index in [1.165, 1.54) is 7.11 Å². The van der Waals surface area contributed by atoms with Crippen LogP contribution in [0.15, 0.2) is 47.0 Å². The number of halogens is 1. The number of hydrogen-bond donors (Lipinski definition) is 1. The van der Waals surface area contributed by atoms with Gasteiger partial charge in [0.25, 0.3) is 5.89 Å². The predicted octanol–water partition coefficient (Wildman–Crippen LogP) is 4.42. The van der Waals surface area contributed by atoms with E-state index in [9.17, 15) is 9.90 Å². The minimum atomic E-state index is -1.01. The van der Waals surface area contributed by atoms with E-state index < -0.39 is 5.97 Å². The lowest BCUT2D eigenvalue weighted by molar-refractivity contribution is -0.135. The number of carboxylic acids is 1. The zero-order valence-electron chi connectivity index (χ0n) is 15.2. The smallest absolute Gasteiger partial charge is 0.308 e. The summed E-state index contributed by atoms with van der Waals surface area (Å²) in [6.45, 7) is 0. The molecule has 0 unspecified atom stereocenters. The van der Waals surface area contributed by atoms with Gasteiger partial charge in [-0.3, -0.25) is 4.79 Å². The molecule has 7 nitrogen and oxygen atoms in total. The average Bonchev–Trinajstić information content (AvgIpc) is 3.17. The lowest BCUT2D eigenvalue weighted by Gasteiger charge is -2.07. The van der Waals surface area contributed by atoms with Gasteiger partial charge in [0.15, 0.2) is 11.5 Å². The second-order valence-electron chi connectivity index (χ2n) is 5.79. The highest BCUT2D eigenvalue weighted by Gasteiger charge is 2.17. The molecule has 0 saturated carbocycles. The van der Waals surface area contributed by atoms with Crippen LogP contribution < -0.4 is 9.47 Å². The van der Waals surface area contributed by atoms with Crippen molar-refractivity contribution in [2.75, 3.05) is 14.2 Å². The highest BCUT2D eigenvalue weighted by molar-refractivity contribution is 6.30. The third-order valence-corrected chi connectivity index (χ3v) is 4.11. The van der Waals surface area contributed by atoms with Gasteiger partial charge in [-0.1, -0.05) is 28.9 Å². The molecule has 1 heterocycles. The Kier molecular flexibility index (Phi) is 5.96. The number of ether oxygens (including phenoxy) is 2. The molecule has 0 bridgehead atoms. The van der Waals surface area contributed by atoms with Gasteiger partial charge in [0.05, 0.1) is 20.6 Å². The summed E-state index contributed by atoms with van der Waals surface area (Å²) in [5.41, 5.74) is 1.74. The number of benzene rings is 2. The minimum Gasteiger partial charge on any atom is -0.493 e. The summed E-state index contributed by atoms with van der Waals surface area (Å²) in [5.74, 6) is 0.499. The third kappa shape index (κ3) is 4.50. The SMILES string of the molecule is COc1ccc(-c2noc(/C(=C/c3cccc(Cl)c3)CC(=O)O)n2)cc1OC. The lowest BCUT2D eigenvalue weighted by atomic mass is 10.1. The number of aromatic nitrogens is 2. The molecule has 28 heavy (non-hydrogen) atoms. The van der Waals surface area contributed by atoms with Crippen LogP contribution in [0.4, 0.5) is 0 Å². The number of methoxy groups -OCH3 is 2. The van der Waals surface area contributed by atoms with Crippen molar-refractivity contribution < 1.29 is 23.9 Å². The molecule has 144 valence electrons. The van der Waals surface area contributed by atoms with Gasteiger partial charge in [-0.2, -0.15) is 4.98 Å². The molecule has 8 heteroatoms. The van der Waals surface area contributed by atoms with Crippen LogP contribution in [0, 0.1) is 0 Å². The van der Waals surface area contributed by atoms with Crippen LogP contribution in [0.5, 0.6) is 11.5 Å². The van der Waals surface area contributed by atoms with Crippen LogP contribution in [-0.2, 0) is 4.79 Å². The molecule has 0 fully saturated rings. The lowest BCUT2D eigenvalue weighted by Crippen LogP contribution is -1.97. The number of hydrogen-bond acceptors (Lipinski definition) is 6. The van der Waals surface area contributed by atoms with E-state index >= 15 is 0 Å². The van der Waals surface area contributed by atoms with Gasteiger partial charge in [-0.25, -0.2) is 0 Å². The quantitative estimate of drug-likeness (QED) is 0.627. The predicted molar refractivity (Wildman–Crippen MR) is 104 cm³/mol. The minimum absolute atomic E-state index is 0.118. The first-order valence-corrected chi connectivity index (χ1v) is 8.62. The molecule has 2 aromatic carbocycles. The maximum Gasteiger partial charge on any atom is 0.308 e. The molecule has 0 radical (unpaired) electrons. The van der Waals surface area contributed by atoms with E-state index in [0.717, 1.165) is 5.56 Å². The third-order valence-electron chi connectivity index (χ3n) is 3.87. The van der Waals surface area contributed by atoms with Crippen LogP contribution in [0.25, 0.3) is 23.0 Å². The highest BCUT2D eigenvalue weighted by atomic mass is 35.5. The summed E-state index contributed by atoms with van der Waals surface area (Å²) in [5, 5.41) is 13.7. The van der Waals surface area contributed by atoms with E-state index in [-0.39, 0.29) is 12.3 Å². The number of aliphatic carboxylic acids is 1. The monoisotopic (exact) mass is 400 g/mol.